The Balaban J connectivity index is 2.15. The molecule has 0 saturated heterocycles. The number of aryl methyl sites for hydroxylation is 1. The molecule has 0 amide bonds. The van der Waals surface area contributed by atoms with Crippen LogP contribution in [0.3, 0.4) is 0 Å². The lowest BCUT2D eigenvalue weighted by atomic mass is 10.00. The van der Waals surface area contributed by atoms with Crippen molar-refractivity contribution >= 4 is 33.2 Å². The summed E-state index contributed by atoms with van der Waals surface area (Å²) < 4.78 is 26.2. The number of imidazole rings is 1. The van der Waals surface area contributed by atoms with Crippen molar-refractivity contribution in [2.45, 2.75) is 31.9 Å². The average Bonchev–Trinajstić information content (AvgIpc) is 2.92. The highest BCUT2D eigenvalue weighted by Crippen LogP contribution is 2.32. The van der Waals surface area contributed by atoms with Gasteiger partial charge in [0, 0.05) is 5.56 Å². The standard InChI is InChI=1S/C16H19N5O3S/c1-10(2)25(23,24)21-15-13(19-16(21)17)9-8-12(18-15)14(20-22)11-6-4-3-5-7-11/h3-7,10,22H,8-9H2,1-2H3,(H2,17,19)/b20-14-. The fourth-order valence-electron chi connectivity index (χ4n) is 2.67. The summed E-state index contributed by atoms with van der Waals surface area (Å²) in [5.74, 6) is 0.0791. The molecular weight excluding hydrogens is 342 g/mol. The monoisotopic (exact) mass is 361 g/mol. The van der Waals surface area contributed by atoms with Crippen molar-refractivity contribution < 1.29 is 13.6 Å². The van der Waals surface area contributed by atoms with Gasteiger partial charge in [-0.2, -0.15) is 3.97 Å². The molecule has 0 bridgehead atoms. The van der Waals surface area contributed by atoms with Gasteiger partial charge in [-0.3, -0.25) is 0 Å². The number of oxime groups is 1. The summed E-state index contributed by atoms with van der Waals surface area (Å²) in [4.78, 5) is 8.57. The van der Waals surface area contributed by atoms with Crippen LogP contribution in [0.4, 0.5) is 11.8 Å². The van der Waals surface area contributed by atoms with E-state index in [2.05, 4.69) is 15.1 Å². The van der Waals surface area contributed by atoms with Crippen molar-refractivity contribution in [2.75, 3.05) is 5.73 Å². The van der Waals surface area contributed by atoms with Gasteiger partial charge >= 0.3 is 0 Å². The van der Waals surface area contributed by atoms with Gasteiger partial charge in [0.2, 0.25) is 16.0 Å². The van der Waals surface area contributed by atoms with Crippen molar-refractivity contribution in [1.82, 2.24) is 8.96 Å². The van der Waals surface area contributed by atoms with Crippen LogP contribution in [0.2, 0.25) is 0 Å². The predicted molar refractivity (Wildman–Crippen MR) is 96.3 cm³/mol. The van der Waals surface area contributed by atoms with Gasteiger partial charge in [-0.15, -0.1) is 0 Å². The molecule has 0 aliphatic carbocycles. The molecule has 1 aromatic carbocycles. The zero-order valence-corrected chi connectivity index (χ0v) is 14.7. The molecule has 9 heteroatoms. The minimum atomic E-state index is -3.71. The van der Waals surface area contributed by atoms with E-state index in [1.54, 1.807) is 26.0 Å². The highest BCUT2D eigenvalue weighted by Gasteiger charge is 2.30. The van der Waals surface area contributed by atoms with E-state index in [9.17, 15) is 13.6 Å². The number of rotatable bonds is 4. The van der Waals surface area contributed by atoms with E-state index in [-0.39, 0.29) is 11.8 Å². The van der Waals surface area contributed by atoms with Gasteiger partial charge in [0.15, 0.2) is 5.82 Å². The molecule has 0 unspecified atom stereocenters. The van der Waals surface area contributed by atoms with E-state index < -0.39 is 15.3 Å². The molecule has 0 saturated carbocycles. The highest BCUT2D eigenvalue weighted by molar-refractivity contribution is 7.90. The molecule has 1 aliphatic heterocycles. The fraction of sp³-hybridized carbons (Fsp3) is 0.312. The van der Waals surface area contributed by atoms with Crippen LogP contribution in [0.5, 0.6) is 0 Å². The van der Waals surface area contributed by atoms with Crippen LogP contribution in [0.25, 0.3) is 0 Å². The van der Waals surface area contributed by atoms with Crippen LogP contribution in [0, 0.1) is 0 Å². The molecule has 2 heterocycles. The summed E-state index contributed by atoms with van der Waals surface area (Å²) in [5.41, 5.74) is 7.84. The molecule has 0 spiro atoms. The summed E-state index contributed by atoms with van der Waals surface area (Å²) in [5, 5.41) is 12.1. The molecular formula is C16H19N5O3S. The van der Waals surface area contributed by atoms with E-state index in [4.69, 9.17) is 5.73 Å². The van der Waals surface area contributed by atoms with Gasteiger partial charge in [-0.1, -0.05) is 35.5 Å². The predicted octanol–water partition coefficient (Wildman–Crippen LogP) is 1.95. The molecule has 0 atom stereocenters. The lowest BCUT2D eigenvalue weighted by Crippen LogP contribution is -2.25. The first-order chi connectivity index (χ1) is 11.9. The summed E-state index contributed by atoms with van der Waals surface area (Å²) in [6.45, 7) is 3.14. The lowest BCUT2D eigenvalue weighted by molar-refractivity contribution is 0.320. The zero-order chi connectivity index (χ0) is 18.2. The summed E-state index contributed by atoms with van der Waals surface area (Å²) in [6, 6.07) is 9.08. The summed E-state index contributed by atoms with van der Waals surface area (Å²) >= 11 is 0. The fourth-order valence-corrected chi connectivity index (χ4v) is 3.78. The van der Waals surface area contributed by atoms with Crippen molar-refractivity contribution in [2.24, 2.45) is 10.1 Å². The third kappa shape index (κ3) is 2.91. The quantitative estimate of drug-likeness (QED) is 0.489. The van der Waals surface area contributed by atoms with Crippen LogP contribution in [-0.4, -0.2) is 39.3 Å². The Hall–Kier alpha value is -2.68. The number of nitrogens with zero attached hydrogens (tertiary/aromatic N) is 4. The maximum absolute atomic E-state index is 12.6. The van der Waals surface area contributed by atoms with Crippen molar-refractivity contribution in [3.8, 4) is 0 Å². The van der Waals surface area contributed by atoms with E-state index in [1.165, 1.54) is 0 Å². The SMILES string of the molecule is CC(C)S(=O)(=O)n1c(N)nc2c1N=C(/C(=N\O)c1ccccc1)CC2. The van der Waals surface area contributed by atoms with Crippen molar-refractivity contribution in [1.29, 1.82) is 0 Å². The van der Waals surface area contributed by atoms with Crippen molar-refractivity contribution in [3.63, 3.8) is 0 Å². The number of nitrogens with two attached hydrogens (primary N) is 1. The largest absolute Gasteiger partial charge is 0.410 e. The van der Waals surface area contributed by atoms with Crippen LogP contribution in [0.1, 0.15) is 31.5 Å². The molecule has 132 valence electrons. The van der Waals surface area contributed by atoms with E-state index in [0.717, 1.165) is 3.97 Å². The molecule has 3 N–H and O–H groups in total. The smallest absolute Gasteiger partial charge is 0.245 e. The molecule has 0 radical (unpaired) electrons. The number of anilines is 1. The third-order valence-electron chi connectivity index (χ3n) is 4.02. The zero-order valence-electron chi connectivity index (χ0n) is 13.9. The third-order valence-corrected chi connectivity index (χ3v) is 6.08. The van der Waals surface area contributed by atoms with Gasteiger partial charge in [-0.05, 0) is 26.7 Å². The minimum Gasteiger partial charge on any atom is -0.410 e. The molecule has 1 aliphatic rings. The van der Waals surface area contributed by atoms with Gasteiger partial charge in [0.05, 0.1) is 16.7 Å². The van der Waals surface area contributed by atoms with Gasteiger partial charge in [0.1, 0.15) is 5.71 Å². The van der Waals surface area contributed by atoms with Crippen LogP contribution in [-0.2, 0) is 16.4 Å². The van der Waals surface area contributed by atoms with Gasteiger partial charge in [-0.25, -0.2) is 18.4 Å². The molecule has 25 heavy (non-hydrogen) atoms. The maximum Gasteiger partial charge on any atom is 0.245 e. The topological polar surface area (TPSA) is 123 Å². The molecule has 0 fully saturated rings. The van der Waals surface area contributed by atoms with Gasteiger partial charge in [0.25, 0.3) is 0 Å². The second kappa shape index (κ2) is 6.32. The van der Waals surface area contributed by atoms with Crippen LogP contribution >= 0.6 is 0 Å². The first-order valence-electron chi connectivity index (χ1n) is 7.83. The number of fused-ring (bicyclic) bond motifs is 1. The van der Waals surface area contributed by atoms with Crippen molar-refractivity contribution in [3.05, 3.63) is 41.6 Å². The van der Waals surface area contributed by atoms with Crippen LogP contribution in [0.15, 0.2) is 40.5 Å². The molecule has 1 aromatic heterocycles. The second-order valence-electron chi connectivity index (χ2n) is 5.97. The van der Waals surface area contributed by atoms with E-state index in [0.29, 0.717) is 35.5 Å². The first-order valence-corrected chi connectivity index (χ1v) is 9.33. The van der Waals surface area contributed by atoms with Crippen LogP contribution < -0.4 is 5.73 Å². The Morgan fingerprint density at radius 3 is 2.56 bits per heavy atom. The maximum atomic E-state index is 12.6. The number of nitrogen functional groups attached to an aromatic ring is 1. The number of aliphatic imine (C=N–C) groups is 1. The number of hydrogen-bond donors (Lipinski definition) is 2. The first kappa shape index (κ1) is 17.2. The average molecular weight is 361 g/mol. The Kier molecular flexibility index (Phi) is 4.34. The van der Waals surface area contributed by atoms with E-state index >= 15 is 0 Å². The lowest BCUT2D eigenvalue weighted by Gasteiger charge is -2.16. The number of aromatic nitrogens is 2. The summed E-state index contributed by atoms with van der Waals surface area (Å²) in [7, 11) is -3.71. The normalized spacial score (nSPS) is 15.2. The number of hydrogen-bond acceptors (Lipinski definition) is 7. The molecule has 2 aromatic rings. The Labute approximate surface area is 145 Å². The minimum absolute atomic E-state index is 0.106. The highest BCUT2D eigenvalue weighted by atomic mass is 32.2. The molecule has 8 nitrogen and oxygen atoms in total. The Morgan fingerprint density at radius 1 is 1.28 bits per heavy atom. The van der Waals surface area contributed by atoms with E-state index in [1.807, 2.05) is 18.2 Å². The van der Waals surface area contributed by atoms with Gasteiger partial charge < -0.3 is 10.9 Å². The second-order valence-corrected chi connectivity index (χ2v) is 8.31. The molecule has 3 rings (SSSR count). The Morgan fingerprint density at radius 2 is 1.96 bits per heavy atom. The Bertz CT molecular complexity index is 959. The number of benzene rings is 1. The summed E-state index contributed by atoms with van der Waals surface area (Å²) in [6.07, 6.45) is 0.935.